The number of rotatable bonds is 6. The first-order chi connectivity index (χ1) is 12.4. The number of carboxylic acids is 1. The first kappa shape index (κ1) is 18.6. The maximum Gasteiger partial charge on any atom is 0.335 e. The Morgan fingerprint density at radius 2 is 1.65 bits per heavy atom. The van der Waals surface area contributed by atoms with E-state index in [9.17, 15) is 13.2 Å². The largest absolute Gasteiger partial charge is 0.478 e. The van der Waals surface area contributed by atoms with Crippen molar-refractivity contribution in [2.45, 2.75) is 30.3 Å². The number of aromatic carboxylic acids is 1. The number of carboxylic acid groups (broad SMARTS) is 1. The van der Waals surface area contributed by atoms with Crippen molar-refractivity contribution in [3.05, 3.63) is 65.7 Å². The molecule has 0 spiro atoms. The van der Waals surface area contributed by atoms with Gasteiger partial charge in [-0.1, -0.05) is 30.3 Å². The number of benzene rings is 2. The minimum atomic E-state index is -3.64. The molecule has 7 heteroatoms. The Balaban J connectivity index is 1.55. The van der Waals surface area contributed by atoms with Gasteiger partial charge in [0.15, 0.2) is 0 Å². The standard InChI is InChI=1S/C19H22N2O4S/c22-19(23)16-6-8-18(9-7-16)26(24,25)20-17-10-12-21(13-11-17)14-15-4-2-1-3-5-15/h1-9,17,20H,10-14H2,(H,22,23). The normalized spacial score (nSPS) is 16.5. The Hall–Kier alpha value is -2.22. The van der Waals surface area contributed by atoms with Crippen molar-refractivity contribution < 1.29 is 18.3 Å². The SMILES string of the molecule is O=C(O)c1ccc(S(=O)(=O)NC2CCN(Cc3ccccc3)CC2)cc1. The van der Waals surface area contributed by atoms with E-state index in [4.69, 9.17) is 5.11 Å². The van der Waals surface area contributed by atoms with Crippen LogP contribution < -0.4 is 4.72 Å². The Kier molecular flexibility index (Phi) is 5.70. The van der Waals surface area contributed by atoms with Gasteiger partial charge in [0.25, 0.3) is 0 Å². The number of hydrogen-bond acceptors (Lipinski definition) is 4. The van der Waals surface area contributed by atoms with E-state index < -0.39 is 16.0 Å². The first-order valence-corrected chi connectivity index (χ1v) is 10.0. The summed E-state index contributed by atoms with van der Waals surface area (Å²) in [5.74, 6) is -1.08. The molecule has 6 nitrogen and oxygen atoms in total. The second kappa shape index (κ2) is 7.99. The maximum absolute atomic E-state index is 12.5. The maximum atomic E-state index is 12.5. The predicted octanol–water partition coefficient (Wildman–Crippen LogP) is 2.33. The van der Waals surface area contributed by atoms with Gasteiger partial charge >= 0.3 is 5.97 Å². The van der Waals surface area contributed by atoms with Crippen LogP contribution in [-0.2, 0) is 16.6 Å². The van der Waals surface area contributed by atoms with Crippen molar-refractivity contribution in [3.63, 3.8) is 0 Å². The number of hydrogen-bond donors (Lipinski definition) is 2. The highest BCUT2D eigenvalue weighted by atomic mass is 32.2. The highest BCUT2D eigenvalue weighted by Crippen LogP contribution is 2.17. The van der Waals surface area contributed by atoms with E-state index in [2.05, 4.69) is 21.8 Å². The summed E-state index contributed by atoms with van der Waals surface area (Å²) in [7, 11) is -3.64. The Morgan fingerprint density at radius 3 is 2.23 bits per heavy atom. The molecule has 0 saturated carbocycles. The number of nitrogens with zero attached hydrogens (tertiary/aromatic N) is 1. The molecule has 1 fully saturated rings. The van der Waals surface area contributed by atoms with Crippen molar-refractivity contribution in [2.24, 2.45) is 0 Å². The number of piperidine rings is 1. The molecule has 26 heavy (non-hydrogen) atoms. The lowest BCUT2D eigenvalue weighted by atomic mass is 10.1. The van der Waals surface area contributed by atoms with Gasteiger partial charge in [0.1, 0.15) is 0 Å². The van der Waals surface area contributed by atoms with Crippen molar-refractivity contribution in [1.29, 1.82) is 0 Å². The molecular weight excluding hydrogens is 352 g/mol. The van der Waals surface area contributed by atoms with Gasteiger partial charge in [-0.05, 0) is 42.7 Å². The van der Waals surface area contributed by atoms with E-state index in [0.29, 0.717) is 0 Å². The Morgan fingerprint density at radius 1 is 1.04 bits per heavy atom. The van der Waals surface area contributed by atoms with Crippen LogP contribution in [0.5, 0.6) is 0 Å². The molecule has 138 valence electrons. The number of sulfonamides is 1. The van der Waals surface area contributed by atoms with E-state index in [1.54, 1.807) is 0 Å². The van der Waals surface area contributed by atoms with E-state index >= 15 is 0 Å². The highest BCUT2D eigenvalue weighted by molar-refractivity contribution is 7.89. The third-order valence-electron chi connectivity index (χ3n) is 4.57. The van der Waals surface area contributed by atoms with Crippen LogP contribution in [-0.4, -0.2) is 43.5 Å². The topological polar surface area (TPSA) is 86.7 Å². The molecule has 2 aromatic carbocycles. The zero-order chi connectivity index (χ0) is 18.6. The molecular formula is C19H22N2O4S. The van der Waals surface area contributed by atoms with Crippen LogP contribution in [0.25, 0.3) is 0 Å². The fourth-order valence-corrected chi connectivity index (χ4v) is 4.42. The van der Waals surface area contributed by atoms with Gasteiger partial charge in [0.2, 0.25) is 10.0 Å². The van der Waals surface area contributed by atoms with Crippen LogP contribution in [0.1, 0.15) is 28.8 Å². The summed E-state index contributed by atoms with van der Waals surface area (Å²) in [4.78, 5) is 13.3. The number of likely N-dealkylation sites (tertiary alicyclic amines) is 1. The fourth-order valence-electron chi connectivity index (χ4n) is 3.11. The van der Waals surface area contributed by atoms with E-state index in [1.165, 1.54) is 29.8 Å². The van der Waals surface area contributed by atoms with Crippen LogP contribution in [0, 0.1) is 0 Å². The fraction of sp³-hybridized carbons (Fsp3) is 0.316. The van der Waals surface area contributed by atoms with E-state index in [1.807, 2.05) is 18.2 Å². The van der Waals surface area contributed by atoms with E-state index in [-0.39, 0.29) is 16.5 Å². The zero-order valence-corrected chi connectivity index (χ0v) is 15.2. The number of carbonyl (C=O) groups is 1. The third kappa shape index (κ3) is 4.69. The molecule has 0 bridgehead atoms. The summed E-state index contributed by atoms with van der Waals surface area (Å²) >= 11 is 0. The average Bonchev–Trinajstić information content (AvgIpc) is 2.64. The lowest BCUT2D eigenvalue weighted by Gasteiger charge is -2.32. The zero-order valence-electron chi connectivity index (χ0n) is 14.3. The van der Waals surface area contributed by atoms with Gasteiger partial charge in [-0.3, -0.25) is 4.90 Å². The first-order valence-electron chi connectivity index (χ1n) is 8.56. The number of nitrogens with one attached hydrogen (secondary N) is 1. The molecule has 0 radical (unpaired) electrons. The van der Waals surface area contributed by atoms with Gasteiger partial charge in [-0.2, -0.15) is 0 Å². The molecule has 1 aliphatic rings. The van der Waals surface area contributed by atoms with Crippen molar-refractivity contribution >= 4 is 16.0 Å². The smallest absolute Gasteiger partial charge is 0.335 e. The minimum Gasteiger partial charge on any atom is -0.478 e. The Labute approximate surface area is 153 Å². The monoisotopic (exact) mass is 374 g/mol. The molecule has 2 N–H and O–H groups in total. The predicted molar refractivity (Wildman–Crippen MR) is 98.5 cm³/mol. The van der Waals surface area contributed by atoms with Gasteiger partial charge in [-0.15, -0.1) is 0 Å². The van der Waals surface area contributed by atoms with Gasteiger partial charge < -0.3 is 5.11 Å². The lowest BCUT2D eigenvalue weighted by molar-refractivity contribution is 0.0696. The summed E-state index contributed by atoms with van der Waals surface area (Å²) in [6.07, 6.45) is 1.50. The molecule has 1 heterocycles. The average molecular weight is 374 g/mol. The third-order valence-corrected chi connectivity index (χ3v) is 6.11. The van der Waals surface area contributed by atoms with Gasteiger partial charge in [0.05, 0.1) is 10.5 Å². The molecule has 1 aliphatic heterocycles. The molecule has 2 aromatic rings. The molecule has 1 saturated heterocycles. The Bertz CT molecular complexity index is 843. The molecule has 0 aromatic heterocycles. The minimum absolute atomic E-state index is 0.0678. The summed E-state index contributed by atoms with van der Waals surface area (Å²) in [5.41, 5.74) is 1.32. The van der Waals surface area contributed by atoms with Crippen LogP contribution in [0.3, 0.4) is 0 Å². The van der Waals surface area contributed by atoms with Crippen molar-refractivity contribution in [2.75, 3.05) is 13.1 Å². The van der Waals surface area contributed by atoms with Crippen LogP contribution in [0.15, 0.2) is 59.5 Å². The second-order valence-electron chi connectivity index (χ2n) is 6.49. The highest BCUT2D eigenvalue weighted by Gasteiger charge is 2.24. The van der Waals surface area contributed by atoms with Crippen molar-refractivity contribution in [3.8, 4) is 0 Å². The molecule has 0 unspecified atom stereocenters. The van der Waals surface area contributed by atoms with Crippen LogP contribution >= 0.6 is 0 Å². The van der Waals surface area contributed by atoms with Gasteiger partial charge in [-0.25, -0.2) is 17.9 Å². The summed E-state index contributed by atoms with van der Waals surface area (Å²) < 4.78 is 27.7. The molecule has 0 aliphatic carbocycles. The molecule has 0 amide bonds. The van der Waals surface area contributed by atoms with Gasteiger partial charge in [0, 0.05) is 25.7 Å². The molecule has 0 atom stereocenters. The summed E-state index contributed by atoms with van der Waals surface area (Å²) in [6, 6.07) is 15.4. The second-order valence-corrected chi connectivity index (χ2v) is 8.20. The van der Waals surface area contributed by atoms with Crippen LogP contribution in [0.2, 0.25) is 0 Å². The molecule has 3 rings (SSSR count). The van der Waals surface area contributed by atoms with Crippen LogP contribution in [0.4, 0.5) is 0 Å². The summed E-state index contributed by atoms with van der Waals surface area (Å²) in [6.45, 7) is 2.54. The van der Waals surface area contributed by atoms with E-state index in [0.717, 1.165) is 32.5 Å². The summed E-state index contributed by atoms with van der Waals surface area (Å²) in [5, 5.41) is 8.90. The quantitative estimate of drug-likeness (QED) is 0.810. The van der Waals surface area contributed by atoms with Crippen molar-refractivity contribution in [1.82, 2.24) is 9.62 Å². The lowest BCUT2D eigenvalue weighted by Crippen LogP contribution is -2.44.